The number of amides is 3. The standard InChI is InChI=1S/C45H44N6O6/c52-41-15-14-40(42(53)47-41)50-24-30-20-33(10-12-37(30)43(50)54)49-26-45(27-49)22-36(23-45)57-34-16-18-48(19-17-34)31-6-8-32(9-7-31)51-28-46-39-13-11-35(21-38(39)44(51)55)56-25-29-4-2-1-3-5-29/h1-13,20-21,28,34,36,40H,14-19,22-27H2,(H,47,52,53). The third-order valence-corrected chi connectivity index (χ3v) is 12.5. The van der Waals surface area contributed by atoms with Crippen LogP contribution in [0.25, 0.3) is 16.6 Å². The lowest BCUT2D eigenvalue weighted by Crippen LogP contribution is -2.64. The molecule has 0 radical (unpaired) electrons. The fraction of sp³-hybridized carbons (Fsp3) is 0.356. The van der Waals surface area contributed by atoms with Gasteiger partial charge in [-0.15, -0.1) is 0 Å². The fourth-order valence-electron chi connectivity index (χ4n) is 9.43. The lowest BCUT2D eigenvalue weighted by molar-refractivity contribution is -0.137. The molecular weight excluding hydrogens is 721 g/mol. The van der Waals surface area contributed by atoms with E-state index in [0.29, 0.717) is 53.3 Å². The first-order valence-electron chi connectivity index (χ1n) is 20.0. The van der Waals surface area contributed by atoms with Crippen LogP contribution >= 0.6 is 0 Å². The normalized spacial score (nSPS) is 20.7. The number of fused-ring (bicyclic) bond motifs is 2. The summed E-state index contributed by atoms with van der Waals surface area (Å²) in [5.41, 5.74) is 6.45. The van der Waals surface area contributed by atoms with Crippen LogP contribution in [0.15, 0.2) is 102 Å². The van der Waals surface area contributed by atoms with Crippen molar-refractivity contribution in [1.29, 1.82) is 0 Å². The first-order valence-corrected chi connectivity index (χ1v) is 20.0. The summed E-state index contributed by atoms with van der Waals surface area (Å²) >= 11 is 0. The summed E-state index contributed by atoms with van der Waals surface area (Å²) in [5.74, 6) is -0.165. The molecule has 5 heterocycles. The highest BCUT2D eigenvalue weighted by molar-refractivity contribution is 6.05. The molecule has 1 aliphatic carbocycles. The van der Waals surface area contributed by atoms with Gasteiger partial charge < -0.3 is 24.2 Å². The van der Waals surface area contributed by atoms with Crippen molar-refractivity contribution in [2.45, 2.75) is 69.9 Å². The fourth-order valence-corrected chi connectivity index (χ4v) is 9.43. The van der Waals surface area contributed by atoms with Crippen LogP contribution in [0.5, 0.6) is 5.75 Å². The number of benzene rings is 4. The minimum Gasteiger partial charge on any atom is -0.489 e. The second-order valence-corrected chi connectivity index (χ2v) is 16.3. The van der Waals surface area contributed by atoms with E-state index in [2.05, 4.69) is 38.3 Å². The summed E-state index contributed by atoms with van der Waals surface area (Å²) in [5, 5.41) is 2.89. The second kappa shape index (κ2) is 14.2. The first kappa shape index (κ1) is 35.4. The number of nitrogens with zero attached hydrogens (tertiary/aromatic N) is 5. The molecular formula is C45H44N6O6. The van der Waals surface area contributed by atoms with Gasteiger partial charge in [0.1, 0.15) is 24.7 Å². The quantitative estimate of drug-likeness (QED) is 0.197. The maximum absolute atomic E-state index is 13.6. The third-order valence-electron chi connectivity index (χ3n) is 12.5. The van der Waals surface area contributed by atoms with Crippen molar-refractivity contribution in [3.63, 3.8) is 0 Å². The van der Waals surface area contributed by atoms with Crippen molar-refractivity contribution >= 4 is 40.0 Å². The zero-order chi connectivity index (χ0) is 38.7. The molecule has 12 heteroatoms. The average Bonchev–Trinajstić information content (AvgIpc) is 3.53. The van der Waals surface area contributed by atoms with E-state index in [1.165, 1.54) is 0 Å². The van der Waals surface area contributed by atoms with Crippen LogP contribution in [0.2, 0.25) is 0 Å². The molecule has 5 aliphatic rings. The van der Waals surface area contributed by atoms with Gasteiger partial charge in [-0.2, -0.15) is 0 Å². The molecule has 1 spiro atoms. The van der Waals surface area contributed by atoms with Gasteiger partial charge in [-0.25, -0.2) is 4.98 Å². The molecule has 0 bridgehead atoms. The largest absolute Gasteiger partial charge is 0.489 e. The molecule has 10 rings (SSSR count). The van der Waals surface area contributed by atoms with Crippen molar-refractivity contribution < 1.29 is 23.9 Å². The number of hydrogen-bond acceptors (Lipinski definition) is 9. The molecule has 1 aromatic heterocycles. The Hall–Kier alpha value is -6.01. The van der Waals surface area contributed by atoms with Gasteiger partial charge in [0.2, 0.25) is 11.8 Å². The van der Waals surface area contributed by atoms with Gasteiger partial charge >= 0.3 is 0 Å². The number of hydrogen-bond donors (Lipinski definition) is 1. The predicted octanol–water partition coefficient (Wildman–Crippen LogP) is 5.38. The monoisotopic (exact) mass is 764 g/mol. The van der Waals surface area contributed by atoms with Gasteiger partial charge in [0.15, 0.2) is 0 Å². The lowest BCUT2D eigenvalue weighted by atomic mass is 9.61. The van der Waals surface area contributed by atoms with E-state index in [4.69, 9.17) is 9.47 Å². The van der Waals surface area contributed by atoms with E-state index in [9.17, 15) is 19.2 Å². The Labute approximate surface area is 330 Å². The number of aromatic nitrogens is 2. The highest BCUT2D eigenvalue weighted by Gasteiger charge is 2.53. The Morgan fingerprint density at radius 2 is 1.53 bits per heavy atom. The molecule has 1 unspecified atom stereocenters. The highest BCUT2D eigenvalue weighted by Crippen LogP contribution is 2.51. The van der Waals surface area contributed by atoms with Crippen LogP contribution < -0.4 is 25.4 Å². The van der Waals surface area contributed by atoms with Crippen molar-refractivity contribution in [3.8, 4) is 11.4 Å². The number of imide groups is 1. The van der Waals surface area contributed by atoms with Crippen LogP contribution in [0.1, 0.15) is 60.0 Å². The summed E-state index contributed by atoms with van der Waals surface area (Å²) in [6.07, 6.45) is 6.86. The van der Waals surface area contributed by atoms with E-state index in [1.807, 2.05) is 66.7 Å². The Bertz CT molecular complexity index is 2430. The number of ether oxygens (including phenoxy) is 2. The Balaban J connectivity index is 0.693. The molecule has 12 nitrogen and oxygen atoms in total. The number of rotatable bonds is 9. The highest BCUT2D eigenvalue weighted by atomic mass is 16.5. The molecule has 57 heavy (non-hydrogen) atoms. The number of carbonyl (C=O) groups excluding carboxylic acids is 3. The number of anilines is 2. The molecule has 3 saturated heterocycles. The van der Waals surface area contributed by atoms with E-state index in [0.717, 1.165) is 80.1 Å². The summed E-state index contributed by atoms with van der Waals surface area (Å²) in [4.78, 5) is 61.6. The van der Waals surface area contributed by atoms with Crippen LogP contribution in [0, 0.1) is 5.41 Å². The summed E-state index contributed by atoms with van der Waals surface area (Å²) < 4.78 is 14.2. The van der Waals surface area contributed by atoms with E-state index in [1.54, 1.807) is 21.9 Å². The molecule has 4 aromatic carbocycles. The summed E-state index contributed by atoms with van der Waals surface area (Å²) in [6, 6.07) is 28.9. The Kier molecular flexibility index (Phi) is 8.81. The van der Waals surface area contributed by atoms with Gasteiger partial charge in [-0.1, -0.05) is 30.3 Å². The lowest BCUT2D eigenvalue weighted by Gasteiger charge is -2.60. The van der Waals surface area contributed by atoms with Crippen LogP contribution in [0.3, 0.4) is 0 Å². The van der Waals surface area contributed by atoms with Crippen molar-refractivity contribution in [3.05, 3.63) is 124 Å². The SMILES string of the molecule is O=C1CCC(N2Cc3cc(N4CC5(CC(OC6CCN(c7ccc(-n8cnc9ccc(OCc%10ccccc%10)cc9c8=O)cc7)CC6)C5)C4)ccc3C2=O)C(=O)N1. The van der Waals surface area contributed by atoms with Gasteiger partial charge in [-0.05, 0) is 104 Å². The van der Waals surface area contributed by atoms with Gasteiger partial charge in [0.05, 0.1) is 28.8 Å². The van der Waals surface area contributed by atoms with Crippen molar-refractivity contribution in [2.24, 2.45) is 5.41 Å². The zero-order valence-corrected chi connectivity index (χ0v) is 31.6. The van der Waals surface area contributed by atoms with Crippen LogP contribution in [0.4, 0.5) is 11.4 Å². The number of carbonyl (C=O) groups is 3. The van der Waals surface area contributed by atoms with Gasteiger partial charge in [0.25, 0.3) is 11.5 Å². The van der Waals surface area contributed by atoms with Crippen LogP contribution in [-0.4, -0.2) is 76.6 Å². The first-order chi connectivity index (χ1) is 27.8. The minimum atomic E-state index is -0.598. The van der Waals surface area contributed by atoms with E-state index < -0.39 is 6.04 Å². The van der Waals surface area contributed by atoms with Crippen molar-refractivity contribution in [1.82, 2.24) is 19.8 Å². The Morgan fingerprint density at radius 3 is 2.30 bits per heavy atom. The van der Waals surface area contributed by atoms with E-state index in [-0.39, 0.29) is 35.8 Å². The van der Waals surface area contributed by atoms with E-state index >= 15 is 0 Å². The molecule has 290 valence electrons. The molecule has 1 saturated carbocycles. The minimum absolute atomic E-state index is 0.135. The number of nitrogens with one attached hydrogen (secondary N) is 1. The van der Waals surface area contributed by atoms with Crippen LogP contribution in [-0.2, 0) is 27.5 Å². The van der Waals surface area contributed by atoms with Gasteiger partial charge in [0, 0.05) is 61.5 Å². The number of piperidine rings is 2. The third kappa shape index (κ3) is 6.71. The molecule has 4 aliphatic heterocycles. The van der Waals surface area contributed by atoms with Crippen molar-refractivity contribution in [2.75, 3.05) is 36.0 Å². The summed E-state index contributed by atoms with van der Waals surface area (Å²) in [6.45, 7) is 4.62. The molecule has 5 aromatic rings. The second-order valence-electron chi connectivity index (χ2n) is 16.3. The average molecular weight is 765 g/mol. The molecule has 1 atom stereocenters. The maximum atomic E-state index is 13.6. The molecule has 1 N–H and O–H groups in total. The molecule has 4 fully saturated rings. The maximum Gasteiger partial charge on any atom is 0.265 e. The smallest absolute Gasteiger partial charge is 0.265 e. The predicted molar refractivity (Wildman–Crippen MR) is 215 cm³/mol. The summed E-state index contributed by atoms with van der Waals surface area (Å²) in [7, 11) is 0. The molecule has 3 amide bonds. The topological polar surface area (TPSA) is 126 Å². The van der Waals surface area contributed by atoms with Gasteiger partial charge in [-0.3, -0.25) is 29.1 Å². The Morgan fingerprint density at radius 1 is 0.772 bits per heavy atom. The zero-order valence-electron chi connectivity index (χ0n) is 31.6.